The number of nitrogens with zero attached hydrogens (tertiary/aromatic N) is 1. The van der Waals surface area contributed by atoms with Gasteiger partial charge in [0.15, 0.2) is 0 Å². The van der Waals surface area contributed by atoms with Gasteiger partial charge in [0.05, 0.1) is 18.5 Å². The fraction of sp³-hybridized carbons (Fsp3) is 0.444. The van der Waals surface area contributed by atoms with Crippen LogP contribution in [0.3, 0.4) is 0 Å². The summed E-state index contributed by atoms with van der Waals surface area (Å²) in [5.41, 5.74) is 0.942. The molecule has 0 amide bonds. The standard InChI is InChI=1S/C7H7NO2.C2H6/c9-5-3-7-6(8-4-5)1-2-10-7;1-2/h3-4,9H,1-2H2;1-2H3. The average molecular weight is 167 g/mol. The molecule has 1 N–H and O–H groups in total. The van der Waals surface area contributed by atoms with Crippen LogP contribution in [0, 0.1) is 0 Å². The van der Waals surface area contributed by atoms with Gasteiger partial charge in [0, 0.05) is 12.5 Å². The number of fused-ring (bicyclic) bond motifs is 1. The molecular weight excluding hydrogens is 154 g/mol. The van der Waals surface area contributed by atoms with Crippen molar-refractivity contribution in [1.82, 2.24) is 4.98 Å². The molecule has 0 radical (unpaired) electrons. The van der Waals surface area contributed by atoms with E-state index < -0.39 is 0 Å². The maximum Gasteiger partial charge on any atom is 0.144 e. The lowest BCUT2D eigenvalue weighted by atomic mass is 10.3. The first-order valence-electron chi connectivity index (χ1n) is 4.17. The fourth-order valence-electron chi connectivity index (χ4n) is 1.03. The molecule has 0 atom stereocenters. The molecule has 2 rings (SSSR count). The van der Waals surface area contributed by atoms with Gasteiger partial charge in [-0.3, -0.25) is 4.98 Å². The van der Waals surface area contributed by atoms with Crippen LogP contribution in [0.4, 0.5) is 0 Å². The Bertz CT molecular complexity index is 261. The molecule has 2 heterocycles. The number of rotatable bonds is 0. The lowest BCUT2D eigenvalue weighted by Crippen LogP contribution is -1.86. The third kappa shape index (κ3) is 1.67. The first kappa shape index (κ1) is 8.84. The molecule has 1 aromatic rings. The van der Waals surface area contributed by atoms with Gasteiger partial charge in [-0.05, 0) is 0 Å². The second-order valence-electron chi connectivity index (χ2n) is 2.24. The molecule has 0 saturated heterocycles. The lowest BCUT2D eigenvalue weighted by Gasteiger charge is -1.96. The Kier molecular flexibility index (Phi) is 2.91. The lowest BCUT2D eigenvalue weighted by molar-refractivity contribution is 0.354. The van der Waals surface area contributed by atoms with Gasteiger partial charge in [0.1, 0.15) is 11.5 Å². The molecule has 3 nitrogen and oxygen atoms in total. The third-order valence-corrected chi connectivity index (χ3v) is 1.51. The second kappa shape index (κ2) is 3.95. The van der Waals surface area contributed by atoms with E-state index in [0.29, 0.717) is 6.61 Å². The summed E-state index contributed by atoms with van der Waals surface area (Å²) in [5, 5.41) is 8.95. The topological polar surface area (TPSA) is 42.4 Å². The van der Waals surface area contributed by atoms with E-state index in [1.165, 1.54) is 6.20 Å². The van der Waals surface area contributed by atoms with Crippen molar-refractivity contribution in [1.29, 1.82) is 0 Å². The summed E-state index contributed by atoms with van der Waals surface area (Å²) < 4.78 is 5.16. The number of hydrogen-bond acceptors (Lipinski definition) is 3. The van der Waals surface area contributed by atoms with E-state index >= 15 is 0 Å². The number of hydrogen-bond donors (Lipinski definition) is 1. The Hall–Kier alpha value is -1.25. The Morgan fingerprint density at radius 3 is 3.00 bits per heavy atom. The van der Waals surface area contributed by atoms with Crippen molar-refractivity contribution >= 4 is 0 Å². The molecule has 1 aliphatic rings. The highest BCUT2D eigenvalue weighted by atomic mass is 16.5. The predicted octanol–water partition coefficient (Wildman–Crippen LogP) is 1.75. The number of aromatic hydroxyl groups is 1. The van der Waals surface area contributed by atoms with Crippen LogP contribution in [0.2, 0.25) is 0 Å². The minimum Gasteiger partial charge on any atom is -0.506 e. The molecular formula is C9H13NO2. The van der Waals surface area contributed by atoms with Crippen molar-refractivity contribution < 1.29 is 9.84 Å². The van der Waals surface area contributed by atoms with Gasteiger partial charge in [0.25, 0.3) is 0 Å². The maximum atomic E-state index is 8.95. The zero-order valence-corrected chi connectivity index (χ0v) is 7.37. The monoisotopic (exact) mass is 167 g/mol. The van der Waals surface area contributed by atoms with Crippen molar-refractivity contribution in [2.75, 3.05) is 6.61 Å². The Morgan fingerprint density at radius 2 is 2.25 bits per heavy atom. The summed E-state index contributed by atoms with van der Waals surface area (Å²) in [4.78, 5) is 3.98. The molecule has 12 heavy (non-hydrogen) atoms. The Labute approximate surface area is 72.0 Å². The van der Waals surface area contributed by atoms with E-state index in [1.807, 2.05) is 13.8 Å². The summed E-state index contributed by atoms with van der Waals surface area (Å²) in [6, 6.07) is 1.59. The molecule has 1 aromatic heterocycles. The molecule has 0 bridgehead atoms. The smallest absolute Gasteiger partial charge is 0.144 e. The van der Waals surface area contributed by atoms with Crippen molar-refractivity contribution in [3.8, 4) is 11.5 Å². The van der Waals surface area contributed by atoms with E-state index in [4.69, 9.17) is 9.84 Å². The minimum absolute atomic E-state index is 0.167. The molecule has 0 saturated carbocycles. The van der Waals surface area contributed by atoms with Gasteiger partial charge in [-0.25, -0.2) is 0 Å². The quantitative estimate of drug-likeness (QED) is 0.640. The van der Waals surface area contributed by atoms with Crippen molar-refractivity contribution in [3.05, 3.63) is 18.0 Å². The summed E-state index contributed by atoms with van der Waals surface area (Å²) >= 11 is 0. The van der Waals surface area contributed by atoms with E-state index in [9.17, 15) is 0 Å². The highest BCUT2D eigenvalue weighted by Crippen LogP contribution is 2.25. The van der Waals surface area contributed by atoms with Gasteiger partial charge in [-0.15, -0.1) is 0 Å². The Balaban J connectivity index is 0.000000336. The van der Waals surface area contributed by atoms with Gasteiger partial charge in [-0.2, -0.15) is 0 Å². The van der Waals surface area contributed by atoms with Crippen molar-refractivity contribution in [2.24, 2.45) is 0 Å². The Morgan fingerprint density at radius 1 is 1.50 bits per heavy atom. The van der Waals surface area contributed by atoms with Crippen molar-refractivity contribution in [2.45, 2.75) is 20.3 Å². The van der Waals surface area contributed by atoms with Crippen LogP contribution in [0.15, 0.2) is 12.3 Å². The number of ether oxygens (including phenoxy) is 1. The molecule has 0 fully saturated rings. The molecule has 0 spiro atoms. The van der Waals surface area contributed by atoms with Crippen LogP contribution < -0.4 is 4.74 Å². The summed E-state index contributed by atoms with van der Waals surface area (Å²) in [5.74, 6) is 0.889. The van der Waals surface area contributed by atoms with Crippen LogP contribution in [0.25, 0.3) is 0 Å². The highest BCUT2D eigenvalue weighted by molar-refractivity contribution is 5.36. The van der Waals surface area contributed by atoms with E-state index in [0.717, 1.165) is 17.9 Å². The van der Waals surface area contributed by atoms with Gasteiger partial charge < -0.3 is 9.84 Å². The summed E-state index contributed by atoms with van der Waals surface area (Å²) in [7, 11) is 0. The fourth-order valence-corrected chi connectivity index (χ4v) is 1.03. The zero-order valence-electron chi connectivity index (χ0n) is 7.37. The minimum atomic E-state index is 0.167. The largest absolute Gasteiger partial charge is 0.506 e. The van der Waals surface area contributed by atoms with Crippen LogP contribution in [0.1, 0.15) is 19.5 Å². The SMILES string of the molecule is CC.Oc1cnc2c(c1)OCC2. The van der Waals surface area contributed by atoms with Crippen LogP contribution in [-0.2, 0) is 6.42 Å². The third-order valence-electron chi connectivity index (χ3n) is 1.51. The highest BCUT2D eigenvalue weighted by Gasteiger charge is 2.12. The van der Waals surface area contributed by atoms with E-state index in [1.54, 1.807) is 6.07 Å². The van der Waals surface area contributed by atoms with Crippen LogP contribution in [0.5, 0.6) is 11.5 Å². The molecule has 66 valence electrons. The summed E-state index contributed by atoms with van der Waals surface area (Å²) in [6.07, 6.45) is 2.29. The number of aromatic nitrogens is 1. The normalized spacial score (nSPS) is 12.5. The maximum absolute atomic E-state index is 8.95. The molecule has 3 heteroatoms. The summed E-state index contributed by atoms with van der Waals surface area (Å²) in [6.45, 7) is 4.69. The van der Waals surface area contributed by atoms with E-state index in [2.05, 4.69) is 4.98 Å². The van der Waals surface area contributed by atoms with Gasteiger partial charge >= 0.3 is 0 Å². The number of pyridine rings is 1. The van der Waals surface area contributed by atoms with Crippen LogP contribution in [-0.4, -0.2) is 16.7 Å². The molecule has 1 aliphatic heterocycles. The second-order valence-corrected chi connectivity index (χ2v) is 2.24. The first-order chi connectivity index (χ1) is 5.86. The molecule has 0 aromatic carbocycles. The first-order valence-corrected chi connectivity index (χ1v) is 4.17. The van der Waals surface area contributed by atoms with Crippen LogP contribution >= 0.6 is 0 Å². The van der Waals surface area contributed by atoms with Gasteiger partial charge in [0.2, 0.25) is 0 Å². The predicted molar refractivity (Wildman–Crippen MR) is 46.4 cm³/mol. The van der Waals surface area contributed by atoms with Crippen molar-refractivity contribution in [3.63, 3.8) is 0 Å². The molecule has 0 aliphatic carbocycles. The van der Waals surface area contributed by atoms with E-state index in [-0.39, 0.29) is 5.75 Å². The molecule has 0 unspecified atom stereocenters. The average Bonchev–Trinajstić information content (AvgIpc) is 2.54. The zero-order chi connectivity index (χ0) is 8.97. The van der Waals surface area contributed by atoms with Gasteiger partial charge in [-0.1, -0.05) is 13.8 Å².